The number of nitrogens with one attached hydrogen (secondary N) is 2. The van der Waals surface area contributed by atoms with E-state index in [0.717, 1.165) is 30.0 Å². The second-order valence-corrected chi connectivity index (χ2v) is 6.48. The molecule has 2 aromatic rings. The summed E-state index contributed by atoms with van der Waals surface area (Å²) in [6.45, 7) is 6.93. The normalized spacial score (nSPS) is 13.4. The molecule has 0 aromatic heterocycles. The lowest BCUT2D eigenvalue weighted by atomic mass is 10.1. The van der Waals surface area contributed by atoms with Crippen LogP contribution in [0.5, 0.6) is 5.75 Å². The lowest BCUT2D eigenvalue weighted by molar-refractivity contribution is 0.0939. The topological polar surface area (TPSA) is 50.4 Å². The number of benzene rings is 2. The maximum Gasteiger partial charge on any atom is 0.251 e. The van der Waals surface area contributed by atoms with Gasteiger partial charge in [0.1, 0.15) is 5.75 Å². The van der Waals surface area contributed by atoms with Crippen molar-refractivity contribution in [2.24, 2.45) is 0 Å². The predicted octanol–water partition coefficient (Wildman–Crippen LogP) is 4.35. The zero-order valence-electron chi connectivity index (χ0n) is 14.8. The van der Waals surface area contributed by atoms with Crippen LogP contribution in [0.4, 0.5) is 5.69 Å². The minimum Gasteiger partial charge on any atom is -0.491 e. The number of fused-ring (bicyclic) bond motifs is 1. The third-order valence-corrected chi connectivity index (χ3v) is 4.15. The van der Waals surface area contributed by atoms with Crippen molar-refractivity contribution in [3.63, 3.8) is 0 Å². The zero-order valence-corrected chi connectivity index (χ0v) is 15.7. The van der Waals surface area contributed by atoms with Crippen LogP contribution in [0.3, 0.4) is 0 Å². The Morgan fingerprint density at radius 1 is 1.16 bits per heavy atom. The summed E-state index contributed by atoms with van der Waals surface area (Å²) in [4.78, 5) is 12.5. The second kappa shape index (κ2) is 8.26. The molecule has 2 N–H and O–H groups in total. The van der Waals surface area contributed by atoms with E-state index >= 15 is 0 Å². The largest absolute Gasteiger partial charge is 0.491 e. The molecule has 0 radical (unpaired) electrons. The molecular weight excluding hydrogens is 336 g/mol. The van der Waals surface area contributed by atoms with Crippen molar-refractivity contribution in [3.8, 4) is 5.75 Å². The summed E-state index contributed by atoms with van der Waals surface area (Å²) < 4.78 is 5.73. The van der Waals surface area contributed by atoms with Crippen LogP contribution >= 0.6 is 12.4 Å². The third-order valence-electron chi connectivity index (χ3n) is 4.15. The van der Waals surface area contributed by atoms with Crippen LogP contribution in [-0.4, -0.2) is 18.6 Å². The molecule has 1 aliphatic heterocycles. The lowest BCUT2D eigenvalue weighted by Gasteiger charge is -2.17. The molecule has 0 fully saturated rings. The van der Waals surface area contributed by atoms with Crippen LogP contribution in [-0.2, 0) is 6.42 Å². The first kappa shape index (κ1) is 19.1. The average Bonchev–Trinajstić information content (AvgIpc) is 3.02. The fourth-order valence-electron chi connectivity index (χ4n) is 2.94. The lowest BCUT2D eigenvalue weighted by Crippen LogP contribution is -2.26. The number of hydrogen-bond acceptors (Lipinski definition) is 3. The highest BCUT2D eigenvalue weighted by Gasteiger charge is 2.16. The average molecular weight is 361 g/mol. The molecule has 25 heavy (non-hydrogen) atoms. The Hall–Kier alpha value is -2.20. The van der Waals surface area contributed by atoms with E-state index in [2.05, 4.69) is 10.6 Å². The van der Waals surface area contributed by atoms with Crippen molar-refractivity contribution in [1.29, 1.82) is 0 Å². The van der Waals surface area contributed by atoms with Crippen molar-refractivity contribution in [2.45, 2.75) is 39.3 Å². The van der Waals surface area contributed by atoms with Crippen molar-refractivity contribution in [1.82, 2.24) is 5.32 Å². The molecule has 0 saturated heterocycles. The number of ether oxygens (including phenoxy) is 1. The Bertz CT molecular complexity index is 746. The molecule has 1 amide bonds. The quantitative estimate of drug-likeness (QED) is 0.833. The minimum atomic E-state index is -0.0837. The Labute approximate surface area is 155 Å². The Morgan fingerprint density at radius 2 is 1.96 bits per heavy atom. The SMILES string of the molecule is CC(C)Oc1cccc(C(C)NC(=O)c2ccc3c(c2)CCN3)c1.Cl. The summed E-state index contributed by atoms with van der Waals surface area (Å²) in [5.74, 6) is 0.777. The van der Waals surface area contributed by atoms with Gasteiger partial charge in [-0.05, 0) is 68.7 Å². The molecule has 0 spiro atoms. The number of rotatable bonds is 5. The molecule has 0 saturated carbocycles. The molecule has 1 aliphatic rings. The highest BCUT2D eigenvalue weighted by molar-refractivity contribution is 5.95. The fraction of sp³-hybridized carbons (Fsp3) is 0.350. The van der Waals surface area contributed by atoms with Crippen LogP contribution in [0.15, 0.2) is 42.5 Å². The number of carbonyl (C=O) groups is 1. The molecule has 0 aliphatic carbocycles. The van der Waals surface area contributed by atoms with Gasteiger partial charge in [0, 0.05) is 17.8 Å². The van der Waals surface area contributed by atoms with E-state index in [0.29, 0.717) is 5.56 Å². The van der Waals surface area contributed by atoms with E-state index in [4.69, 9.17) is 4.74 Å². The van der Waals surface area contributed by atoms with Crippen molar-refractivity contribution < 1.29 is 9.53 Å². The predicted molar refractivity (Wildman–Crippen MR) is 104 cm³/mol. The molecule has 134 valence electrons. The van der Waals surface area contributed by atoms with Gasteiger partial charge < -0.3 is 15.4 Å². The number of halogens is 1. The highest BCUT2D eigenvalue weighted by atomic mass is 35.5. The van der Waals surface area contributed by atoms with Gasteiger partial charge in [-0.3, -0.25) is 4.79 Å². The summed E-state index contributed by atoms with van der Waals surface area (Å²) in [5, 5.41) is 6.38. The van der Waals surface area contributed by atoms with Gasteiger partial charge in [-0.15, -0.1) is 12.4 Å². The Balaban J connectivity index is 0.00000225. The van der Waals surface area contributed by atoms with E-state index < -0.39 is 0 Å². The smallest absolute Gasteiger partial charge is 0.251 e. The van der Waals surface area contributed by atoms with Crippen LogP contribution < -0.4 is 15.4 Å². The molecular formula is C20H25ClN2O2. The molecule has 0 bridgehead atoms. The van der Waals surface area contributed by atoms with Gasteiger partial charge in [0.25, 0.3) is 5.91 Å². The molecule has 1 atom stereocenters. The maximum atomic E-state index is 12.5. The van der Waals surface area contributed by atoms with Gasteiger partial charge in [0.05, 0.1) is 12.1 Å². The van der Waals surface area contributed by atoms with Gasteiger partial charge >= 0.3 is 0 Å². The molecule has 4 nitrogen and oxygen atoms in total. The summed E-state index contributed by atoms with van der Waals surface area (Å²) in [7, 11) is 0. The minimum absolute atomic E-state index is 0. The first-order valence-electron chi connectivity index (χ1n) is 8.47. The summed E-state index contributed by atoms with van der Waals surface area (Å²) in [6, 6.07) is 13.6. The molecule has 1 unspecified atom stereocenters. The number of carbonyl (C=O) groups excluding carboxylic acids is 1. The Kier molecular flexibility index (Phi) is 6.32. The molecule has 3 rings (SSSR count). The van der Waals surface area contributed by atoms with E-state index in [1.54, 1.807) is 0 Å². The number of hydrogen-bond donors (Lipinski definition) is 2. The van der Waals surface area contributed by atoms with Gasteiger partial charge in [0.15, 0.2) is 0 Å². The van der Waals surface area contributed by atoms with E-state index in [9.17, 15) is 4.79 Å². The van der Waals surface area contributed by atoms with Gasteiger partial charge in [-0.25, -0.2) is 0 Å². The summed E-state index contributed by atoms with van der Waals surface area (Å²) in [5.41, 5.74) is 4.09. The Morgan fingerprint density at radius 3 is 2.72 bits per heavy atom. The van der Waals surface area contributed by atoms with E-state index in [-0.39, 0.29) is 30.5 Å². The number of anilines is 1. The maximum absolute atomic E-state index is 12.5. The van der Waals surface area contributed by atoms with Crippen LogP contribution in [0.1, 0.15) is 48.3 Å². The summed E-state index contributed by atoms with van der Waals surface area (Å²) in [6.07, 6.45) is 1.10. The van der Waals surface area contributed by atoms with Gasteiger partial charge in [-0.2, -0.15) is 0 Å². The fourth-order valence-corrected chi connectivity index (χ4v) is 2.94. The first-order chi connectivity index (χ1) is 11.5. The molecule has 2 aromatic carbocycles. The standard InChI is InChI=1S/C20H24N2O2.ClH/c1-13(2)24-18-6-4-5-15(12-18)14(3)22-20(23)17-7-8-19-16(11-17)9-10-21-19;/h4-8,11-14,21H,9-10H2,1-3H3,(H,22,23);1H. The molecule has 5 heteroatoms. The van der Waals surface area contributed by atoms with Crippen molar-refractivity contribution >= 4 is 24.0 Å². The van der Waals surface area contributed by atoms with Crippen LogP contribution in [0.25, 0.3) is 0 Å². The zero-order chi connectivity index (χ0) is 17.1. The number of amides is 1. The highest BCUT2D eigenvalue weighted by Crippen LogP contribution is 2.24. The van der Waals surface area contributed by atoms with Gasteiger partial charge in [-0.1, -0.05) is 12.1 Å². The van der Waals surface area contributed by atoms with Crippen LogP contribution in [0, 0.1) is 0 Å². The monoisotopic (exact) mass is 360 g/mol. The third kappa shape index (κ3) is 4.67. The summed E-state index contributed by atoms with van der Waals surface area (Å²) >= 11 is 0. The van der Waals surface area contributed by atoms with Crippen molar-refractivity contribution in [2.75, 3.05) is 11.9 Å². The van der Waals surface area contributed by atoms with E-state index in [1.807, 2.05) is 63.2 Å². The van der Waals surface area contributed by atoms with Crippen LogP contribution in [0.2, 0.25) is 0 Å². The molecule has 1 heterocycles. The van der Waals surface area contributed by atoms with E-state index in [1.165, 1.54) is 5.56 Å². The van der Waals surface area contributed by atoms with Crippen molar-refractivity contribution in [3.05, 3.63) is 59.2 Å². The van der Waals surface area contributed by atoms with Gasteiger partial charge in [0.2, 0.25) is 0 Å². The first-order valence-corrected chi connectivity index (χ1v) is 8.47. The second-order valence-electron chi connectivity index (χ2n) is 6.48.